The van der Waals surface area contributed by atoms with Crippen molar-refractivity contribution in [1.29, 1.82) is 0 Å². The summed E-state index contributed by atoms with van der Waals surface area (Å²) >= 11 is 0. The molecule has 0 N–H and O–H groups in total. The van der Waals surface area contributed by atoms with Gasteiger partial charge in [0.15, 0.2) is 0 Å². The van der Waals surface area contributed by atoms with Crippen LogP contribution in [0.25, 0.3) is 0 Å². The molecule has 96 valence electrons. The van der Waals surface area contributed by atoms with E-state index in [1.165, 1.54) is 0 Å². The number of ether oxygens (including phenoxy) is 1. The second-order valence-corrected chi connectivity index (χ2v) is 5.87. The zero-order valence-electron chi connectivity index (χ0n) is 10.5. The molecule has 1 aliphatic carbocycles. The Bertz CT molecular complexity index is 448. The Labute approximate surface area is 111 Å². The molecule has 0 aromatic heterocycles. The topological polar surface area (TPSA) is 26.3 Å². The average Bonchev–Trinajstić information content (AvgIpc) is 2.92. The predicted octanol–water partition coefficient (Wildman–Crippen LogP) is 3.33. The van der Waals surface area contributed by atoms with Crippen LogP contribution in [0, 0.1) is 5.92 Å². The van der Waals surface area contributed by atoms with Gasteiger partial charge in [0.2, 0.25) is 0 Å². The number of methoxy groups -OCH3 is 1. The van der Waals surface area contributed by atoms with Gasteiger partial charge in [-0.25, -0.2) is 0 Å². The highest BCUT2D eigenvalue weighted by molar-refractivity contribution is 7.85. The lowest BCUT2D eigenvalue weighted by Crippen LogP contribution is -2.00. The Morgan fingerprint density at radius 2 is 1.83 bits per heavy atom. The summed E-state index contributed by atoms with van der Waals surface area (Å²) in [6.07, 6.45) is 10.6. The van der Waals surface area contributed by atoms with Gasteiger partial charge in [-0.05, 0) is 43.0 Å². The lowest BCUT2D eigenvalue weighted by Gasteiger charge is -2.06. The first-order chi connectivity index (χ1) is 8.79. The summed E-state index contributed by atoms with van der Waals surface area (Å²) in [5.74, 6) is 2.07. The minimum absolute atomic E-state index is 0.540. The first-order valence-corrected chi connectivity index (χ1v) is 7.49. The monoisotopic (exact) mass is 262 g/mol. The van der Waals surface area contributed by atoms with Crippen LogP contribution in [0.1, 0.15) is 12.8 Å². The minimum Gasteiger partial charge on any atom is -0.497 e. The van der Waals surface area contributed by atoms with E-state index in [1.54, 1.807) is 7.11 Å². The Morgan fingerprint density at radius 1 is 1.17 bits per heavy atom. The van der Waals surface area contributed by atoms with Crippen LogP contribution in [0.5, 0.6) is 5.75 Å². The smallest absolute Gasteiger partial charge is 0.118 e. The molecule has 0 heterocycles. The lowest BCUT2D eigenvalue weighted by molar-refractivity contribution is 0.414. The van der Waals surface area contributed by atoms with Crippen molar-refractivity contribution in [3.63, 3.8) is 0 Å². The highest BCUT2D eigenvalue weighted by Gasteiger charge is 2.07. The Balaban J connectivity index is 1.79. The molecule has 0 radical (unpaired) electrons. The number of benzene rings is 1. The van der Waals surface area contributed by atoms with Crippen LogP contribution in [0.2, 0.25) is 0 Å². The second kappa shape index (κ2) is 6.55. The second-order valence-electron chi connectivity index (χ2n) is 4.30. The fraction of sp³-hybridized carbons (Fsp3) is 0.333. The third kappa shape index (κ3) is 3.57. The summed E-state index contributed by atoms with van der Waals surface area (Å²) in [5, 5.41) is 0. The van der Waals surface area contributed by atoms with Crippen molar-refractivity contribution in [3.05, 3.63) is 48.6 Å². The molecule has 1 atom stereocenters. The number of allylic oxidation sites excluding steroid dienone is 4. The normalized spacial score (nSPS) is 16.1. The van der Waals surface area contributed by atoms with E-state index < -0.39 is 10.8 Å². The van der Waals surface area contributed by atoms with Crippen LogP contribution in [0.15, 0.2) is 53.5 Å². The Kier molecular flexibility index (Phi) is 4.76. The molecule has 18 heavy (non-hydrogen) atoms. The first kappa shape index (κ1) is 13.1. The van der Waals surface area contributed by atoms with Gasteiger partial charge in [-0.15, -0.1) is 0 Å². The van der Waals surface area contributed by atoms with Gasteiger partial charge in [-0.1, -0.05) is 24.3 Å². The molecule has 3 heteroatoms. The van der Waals surface area contributed by atoms with Crippen LogP contribution < -0.4 is 4.74 Å². The first-order valence-electron chi connectivity index (χ1n) is 6.17. The third-order valence-corrected chi connectivity index (χ3v) is 4.47. The molecule has 2 rings (SSSR count). The van der Waals surface area contributed by atoms with Crippen molar-refractivity contribution in [3.8, 4) is 5.75 Å². The number of hydrogen-bond acceptors (Lipinski definition) is 2. The van der Waals surface area contributed by atoms with Gasteiger partial charge in [0.1, 0.15) is 5.75 Å². The molecule has 0 aliphatic heterocycles. The molecule has 0 saturated carbocycles. The van der Waals surface area contributed by atoms with Gasteiger partial charge in [-0.3, -0.25) is 4.21 Å². The molecule has 1 aromatic rings. The van der Waals surface area contributed by atoms with Gasteiger partial charge < -0.3 is 4.74 Å². The molecular weight excluding hydrogens is 244 g/mol. The Morgan fingerprint density at radius 3 is 2.44 bits per heavy atom. The highest BCUT2D eigenvalue weighted by Crippen LogP contribution is 2.18. The molecule has 0 spiro atoms. The van der Waals surface area contributed by atoms with E-state index in [0.29, 0.717) is 5.92 Å². The highest BCUT2D eigenvalue weighted by atomic mass is 32.2. The van der Waals surface area contributed by atoms with Gasteiger partial charge in [0.25, 0.3) is 0 Å². The average molecular weight is 262 g/mol. The van der Waals surface area contributed by atoms with Crippen LogP contribution >= 0.6 is 0 Å². The van der Waals surface area contributed by atoms with Crippen molar-refractivity contribution in [1.82, 2.24) is 0 Å². The van der Waals surface area contributed by atoms with Crippen LogP contribution in [-0.4, -0.2) is 17.1 Å². The number of rotatable bonds is 6. The maximum Gasteiger partial charge on any atom is 0.118 e. The Hall–Kier alpha value is -1.35. The van der Waals surface area contributed by atoms with Crippen molar-refractivity contribution in [2.75, 3.05) is 12.9 Å². The van der Waals surface area contributed by atoms with E-state index >= 15 is 0 Å². The van der Waals surface area contributed by atoms with Crippen LogP contribution in [0.3, 0.4) is 0 Å². The maximum absolute atomic E-state index is 12.1. The molecule has 0 bridgehead atoms. The van der Waals surface area contributed by atoms with Gasteiger partial charge >= 0.3 is 0 Å². The predicted molar refractivity (Wildman–Crippen MR) is 75.3 cm³/mol. The van der Waals surface area contributed by atoms with Crippen molar-refractivity contribution < 1.29 is 8.95 Å². The zero-order valence-corrected chi connectivity index (χ0v) is 11.4. The molecule has 0 amide bonds. The minimum atomic E-state index is -0.897. The summed E-state index contributed by atoms with van der Waals surface area (Å²) in [7, 11) is 0.736. The van der Waals surface area contributed by atoms with Crippen LogP contribution in [0.4, 0.5) is 0 Å². The standard InChI is InChI=1S/C15H18O2S/c1-17-14-8-10-15(11-9-14)18(16)12-4-7-13-5-2-3-6-13/h2-3,5-6,8-11,13H,4,7,12H2,1H3. The fourth-order valence-electron chi connectivity index (χ4n) is 1.97. The molecule has 0 fully saturated rings. The van der Waals surface area contributed by atoms with E-state index in [-0.39, 0.29) is 0 Å². The SMILES string of the molecule is COc1ccc(S(=O)CCCC2C=CC=C2)cc1. The molecular formula is C15H18O2S. The molecule has 0 saturated heterocycles. The maximum atomic E-state index is 12.1. The van der Waals surface area contributed by atoms with E-state index in [4.69, 9.17) is 4.74 Å². The summed E-state index contributed by atoms with van der Waals surface area (Å²) in [6.45, 7) is 0. The van der Waals surface area contributed by atoms with E-state index in [1.807, 2.05) is 24.3 Å². The van der Waals surface area contributed by atoms with E-state index in [2.05, 4.69) is 24.3 Å². The molecule has 1 unspecified atom stereocenters. The van der Waals surface area contributed by atoms with Gasteiger partial charge in [-0.2, -0.15) is 0 Å². The number of hydrogen-bond donors (Lipinski definition) is 0. The van der Waals surface area contributed by atoms with E-state index in [0.717, 1.165) is 29.2 Å². The quantitative estimate of drug-likeness (QED) is 0.786. The summed E-state index contributed by atoms with van der Waals surface area (Å²) in [6, 6.07) is 7.47. The fourth-order valence-corrected chi connectivity index (χ4v) is 3.07. The zero-order chi connectivity index (χ0) is 12.8. The van der Waals surface area contributed by atoms with E-state index in [9.17, 15) is 4.21 Å². The van der Waals surface area contributed by atoms with Crippen molar-refractivity contribution in [2.45, 2.75) is 17.7 Å². The van der Waals surface area contributed by atoms with Gasteiger partial charge in [0, 0.05) is 10.6 Å². The van der Waals surface area contributed by atoms with Crippen LogP contribution in [-0.2, 0) is 10.8 Å². The molecule has 2 nitrogen and oxygen atoms in total. The van der Waals surface area contributed by atoms with Crippen molar-refractivity contribution >= 4 is 10.8 Å². The third-order valence-electron chi connectivity index (χ3n) is 3.02. The van der Waals surface area contributed by atoms with Gasteiger partial charge in [0.05, 0.1) is 17.9 Å². The molecule has 1 aliphatic rings. The summed E-state index contributed by atoms with van der Waals surface area (Å²) < 4.78 is 17.1. The lowest BCUT2D eigenvalue weighted by atomic mass is 10.1. The summed E-state index contributed by atoms with van der Waals surface area (Å²) in [4.78, 5) is 0.883. The summed E-state index contributed by atoms with van der Waals surface area (Å²) in [5.41, 5.74) is 0. The molecule has 1 aromatic carbocycles. The van der Waals surface area contributed by atoms with Crippen molar-refractivity contribution in [2.24, 2.45) is 5.92 Å². The largest absolute Gasteiger partial charge is 0.497 e.